The molecule has 0 bridgehead atoms. The molecule has 0 radical (unpaired) electrons. The number of unbranched alkanes of at least 4 members (excludes halogenated alkanes) is 1. The molecule has 0 aliphatic heterocycles. The van der Waals surface area contributed by atoms with E-state index in [1.165, 1.54) is 11.6 Å². The van der Waals surface area contributed by atoms with Crippen molar-refractivity contribution in [2.45, 2.75) is 33.6 Å². The molecule has 0 saturated carbocycles. The number of carbonyl (C=O) groups is 1. The Morgan fingerprint density at radius 3 is 2.41 bits per heavy atom. The molecule has 0 N–H and O–H groups in total. The minimum Gasteiger partial charge on any atom is -0.497 e. The second kappa shape index (κ2) is 10.7. The highest BCUT2D eigenvalue weighted by Crippen LogP contribution is 2.38. The molecule has 0 unspecified atom stereocenters. The van der Waals surface area contributed by atoms with Gasteiger partial charge >= 0.3 is 0 Å². The molecular formula is C26H30N2O4. The zero-order chi connectivity index (χ0) is 23.1. The average molecular weight is 435 g/mol. The highest BCUT2D eigenvalue weighted by Gasteiger charge is 2.19. The van der Waals surface area contributed by atoms with Gasteiger partial charge in [-0.05, 0) is 48.7 Å². The molecule has 1 heterocycles. The van der Waals surface area contributed by atoms with Crippen LogP contribution in [0.4, 0.5) is 0 Å². The molecule has 0 spiro atoms. The van der Waals surface area contributed by atoms with E-state index in [4.69, 9.17) is 14.2 Å². The van der Waals surface area contributed by atoms with Crippen LogP contribution < -0.4 is 14.2 Å². The van der Waals surface area contributed by atoms with E-state index in [1.54, 1.807) is 14.2 Å². The van der Waals surface area contributed by atoms with Crippen molar-refractivity contribution < 1.29 is 19.0 Å². The molecule has 168 valence electrons. The summed E-state index contributed by atoms with van der Waals surface area (Å²) in [6.07, 6.45) is 6.14. The number of ether oxygens (including phenoxy) is 3. The van der Waals surface area contributed by atoms with Crippen LogP contribution in [0.2, 0.25) is 0 Å². The monoisotopic (exact) mass is 434 g/mol. The van der Waals surface area contributed by atoms with Crippen molar-refractivity contribution in [1.29, 1.82) is 0 Å². The molecule has 0 fully saturated rings. The van der Waals surface area contributed by atoms with E-state index in [-0.39, 0.29) is 5.91 Å². The van der Waals surface area contributed by atoms with Gasteiger partial charge in [0.2, 0.25) is 5.91 Å². The summed E-state index contributed by atoms with van der Waals surface area (Å²) in [6.45, 7) is 6.22. The van der Waals surface area contributed by atoms with E-state index < -0.39 is 0 Å². The topological polar surface area (TPSA) is 62.6 Å². The Morgan fingerprint density at radius 2 is 1.78 bits per heavy atom. The number of aryl methyl sites for hydroxylation is 1. The van der Waals surface area contributed by atoms with Gasteiger partial charge in [-0.2, -0.15) is 9.78 Å². The Labute approximate surface area is 189 Å². The molecule has 6 heteroatoms. The molecule has 0 aliphatic carbocycles. The Morgan fingerprint density at radius 1 is 1.03 bits per heavy atom. The van der Waals surface area contributed by atoms with Gasteiger partial charge < -0.3 is 14.2 Å². The van der Waals surface area contributed by atoms with Crippen molar-refractivity contribution in [3.05, 3.63) is 59.3 Å². The largest absolute Gasteiger partial charge is 0.497 e. The van der Waals surface area contributed by atoms with E-state index in [0.717, 1.165) is 47.6 Å². The molecule has 3 aromatic rings. The number of hydrogen-bond donors (Lipinski definition) is 0. The van der Waals surface area contributed by atoms with Gasteiger partial charge in [0.15, 0.2) is 0 Å². The van der Waals surface area contributed by atoms with Crippen molar-refractivity contribution in [3.63, 3.8) is 0 Å². The molecule has 6 nitrogen and oxygen atoms in total. The van der Waals surface area contributed by atoms with Gasteiger partial charge in [0.1, 0.15) is 17.2 Å². The zero-order valence-electron chi connectivity index (χ0n) is 19.3. The highest BCUT2D eigenvalue weighted by atomic mass is 16.5. The highest BCUT2D eigenvalue weighted by molar-refractivity contribution is 5.89. The molecule has 3 rings (SSSR count). The van der Waals surface area contributed by atoms with E-state index in [2.05, 4.69) is 12.0 Å². The SMILES string of the molecule is CCCCOc1ccc(/C=C/c2cc(OC)cc(OC)c2-c2cc(C)nn2C(C)=O)cc1. The van der Waals surface area contributed by atoms with Crippen LogP contribution in [0.3, 0.4) is 0 Å². The van der Waals surface area contributed by atoms with Gasteiger partial charge in [-0.3, -0.25) is 4.79 Å². The van der Waals surface area contributed by atoms with Gasteiger partial charge in [-0.1, -0.05) is 37.6 Å². The number of carbonyl (C=O) groups excluding carboxylic acids is 1. The summed E-state index contributed by atoms with van der Waals surface area (Å²) in [5.74, 6) is 1.96. The summed E-state index contributed by atoms with van der Waals surface area (Å²) in [5.41, 5.74) is 4.08. The third kappa shape index (κ3) is 5.38. The molecule has 0 aliphatic rings. The first-order chi connectivity index (χ1) is 15.5. The Balaban J connectivity index is 2.01. The van der Waals surface area contributed by atoms with E-state index in [1.807, 2.05) is 61.5 Å². The van der Waals surface area contributed by atoms with Crippen LogP contribution in [-0.2, 0) is 0 Å². The van der Waals surface area contributed by atoms with Crippen molar-refractivity contribution in [2.75, 3.05) is 20.8 Å². The predicted octanol–water partition coefficient (Wildman–Crippen LogP) is 5.89. The van der Waals surface area contributed by atoms with E-state index in [0.29, 0.717) is 17.2 Å². The van der Waals surface area contributed by atoms with Crippen LogP contribution in [0.5, 0.6) is 17.2 Å². The first-order valence-corrected chi connectivity index (χ1v) is 10.7. The lowest BCUT2D eigenvalue weighted by atomic mass is 10.0. The summed E-state index contributed by atoms with van der Waals surface area (Å²) < 4.78 is 18.3. The van der Waals surface area contributed by atoms with Crippen LogP contribution in [-0.4, -0.2) is 36.5 Å². The molecule has 0 atom stereocenters. The summed E-state index contributed by atoms with van der Waals surface area (Å²) in [6, 6.07) is 13.6. The van der Waals surface area contributed by atoms with Crippen LogP contribution in [0, 0.1) is 6.92 Å². The van der Waals surface area contributed by atoms with Crippen LogP contribution >= 0.6 is 0 Å². The minimum absolute atomic E-state index is 0.167. The van der Waals surface area contributed by atoms with Crippen molar-refractivity contribution in [1.82, 2.24) is 9.78 Å². The molecule has 32 heavy (non-hydrogen) atoms. The maximum atomic E-state index is 12.2. The smallest absolute Gasteiger partial charge is 0.244 e. The average Bonchev–Trinajstić information content (AvgIpc) is 3.19. The first-order valence-electron chi connectivity index (χ1n) is 10.7. The lowest BCUT2D eigenvalue weighted by Crippen LogP contribution is -2.10. The Kier molecular flexibility index (Phi) is 7.71. The molecule has 2 aromatic carbocycles. The van der Waals surface area contributed by atoms with Crippen LogP contribution in [0.1, 0.15) is 48.3 Å². The van der Waals surface area contributed by atoms with Crippen molar-refractivity contribution in [2.24, 2.45) is 0 Å². The maximum Gasteiger partial charge on any atom is 0.244 e. The number of hydrogen-bond acceptors (Lipinski definition) is 5. The second-order valence-electron chi connectivity index (χ2n) is 7.50. The fraction of sp³-hybridized carbons (Fsp3) is 0.308. The van der Waals surface area contributed by atoms with Gasteiger partial charge in [0.25, 0.3) is 0 Å². The van der Waals surface area contributed by atoms with E-state index in [9.17, 15) is 4.79 Å². The minimum atomic E-state index is -0.167. The summed E-state index contributed by atoms with van der Waals surface area (Å²) in [5, 5.41) is 4.35. The predicted molar refractivity (Wildman–Crippen MR) is 128 cm³/mol. The first kappa shape index (κ1) is 23.1. The summed E-state index contributed by atoms with van der Waals surface area (Å²) in [7, 11) is 3.22. The standard InChI is InChI=1S/C26H30N2O4/c1-6-7-14-32-22-12-9-20(10-13-22)8-11-21-16-23(30-4)17-25(31-5)26(21)24-15-18(2)27-28(24)19(3)29/h8-13,15-17H,6-7,14H2,1-5H3/b11-8+. The quantitative estimate of drug-likeness (QED) is 0.311. The molecule has 1 aromatic heterocycles. The third-order valence-electron chi connectivity index (χ3n) is 5.05. The number of aromatic nitrogens is 2. The normalized spacial score (nSPS) is 11.0. The zero-order valence-corrected chi connectivity index (χ0v) is 19.3. The lowest BCUT2D eigenvalue weighted by molar-refractivity contribution is 0.0923. The van der Waals surface area contributed by atoms with Crippen molar-refractivity contribution in [3.8, 4) is 28.5 Å². The molecule has 0 saturated heterocycles. The summed E-state index contributed by atoms with van der Waals surface area (Å²) in [4.78, 5) is 12.2. The number of benzene rings is 2. The summed E-state index contributed by atoms with van der Waals surface area (Å²) >= 11 is 0. The Hall–Kier alpha value is -3.54. The van der Waals surface area contributed by atoms with Crippen molar-refractivity contribution >= 4 is 18.1 Å². The van der Waals surface area contributed by atoms with E-state index >= 15 is 0 Å². The maximum absolute atomic E-state index is 12.2. The van der Waals surface area contributed by atoms with Gasteiger partial charge in [0, 0.05) is 18.6 Å². The molecule has 0 amide bonds. The van der Waals surface area contributed by atoms with Gasteiger partial charge in [-0.15, -0.1) is 0 Å². The van der Waals surface area contributed by atoms with Crippen LogP contribution in [0.25, 0.3) is 23.4 Å². The fourth-order valence-electron chi connectivity index (χ4n) is 3.41. The number of methoxy groups -OCH3 is 2. The van der Waals surface area contributed by atoms with Gasteiger partial charge in [-0.25, -0.2) is 0 Å². The Bertz CT molecular complexity index is 1100. The lowest BCUT2D eigenvalue weighted by Gasteiger charge is -2.15. The van der Waals surface area contributed by atoms with Gasteiger partial charge in [0.05, 0.1) is 32.2 Å². The van der Waals surface area contributed by atoms with Crippen LogP contribution in [0.15, 0.2) is 42.5 Å². The fourth-order valence-corrected chi connectivity index (χ4v) is 3.41. The molecular weight excluding hydrogens is 404 g/mol. The number of rotatable bonds is 9. The number of nitrogens with zero attached hydrogens (tertiary/aromatic N) is 2. The second-order valence-corrected chi connectivity index (χ2v) is 7.50. The third-order valence-corrected chi connectivity index (χ3v) is 5.05.